The Morgan fingerprint density at radius 1 is 1.07 bits per heavy atom. The van der Waals surface area contributed by atoms with E-state index in [0.717, 1.165) is 12.8 Å². The molecule has 4 heterocycles. The van der Waals surface area contributed by atoms with E-state index in [2.05, 4.69) is 20.1 Å². The smallest absolute Gasteiger partial charge is 0.387 e. The zero-order valence-electron chi connectivity index (χ0n) is 21.2. The fourth-order valence-corrected chi connectivity index (χ4v) is 5.61. The predicted molar refractivity (Wildman–Crippen MR) is 135 cm³/mol. The molecule has 2 atom stereocenters. The summed E-state index contributed by atoms with van der Waals surface area (Å²) in [6.45, 7) is -3.16. The second-order valence-electron chi connectivity index (χ2n) is 10.1. The molecule has 1 saturated carbocycles. The van der Waals surface area contributed by atoms with Crippen molar-refractivity contribution in [3.63, 3.8) is 0 Å². The summed E-state index contributed by atoms with van der Waals surface area (Å²) in [7, 11) is 0. The lowest BCUT2D eigenvalue weighted by Gasteiger charge is -2.34. The van der Waals surface area contributed by atoms with Gasteiger partial charge in [0.1, 0.15) is 12.1 Å². The molecule has 41 heavy (non-hydrogen) atoms. The first kappa shape index (κ1) is 27.0. The number of aliphatic hydroxyl groups is 4. The number of hydrogen-bond acceptors (Lipinski definition) is 11. The lowest BCUT2D eigenvalue weighted by atomic mass is 9.89. The predicted octanol–water partition coefficient (Wildman–Crippen LogP) is 0.877. The molecule has 1 aliphatic heterocycles. The molecule has 0 spiro atoms. The molecule has 7 rings (SSSR count). The molecular weight excluding hydrogens is 544 g/mol. The Labute approximate surface area is 230 Å². The van der Waals surface area contributed by atoms with Crippen LogP contribution in [0.4, 0.5) is 8.78 Å². The minimum atomic E-state index is -3.54. The minimum absolute atomic E-state index is 0.0281. The number of fused-ring (bicyclic) bond motifs is 9. The molecule has 1 fully saturated rings. The van der Waals surface area contributed by atoms with Crippen LogP contribution in [0.5, 0.6) is 5.75 Å². The lowest BCUT2D eigenvalue weighted by Crippen LogP contribution is -2.53. The van der Waals surface area contributed by atoms with Crippen LogP contribution < -0.4 is 10.5 Å². The Morgan fingerprint density at radius 2 is 1.80 bits per heavy atom. The van der Waals surface area contributed by atoms with Crippen LogP contribution in [0, 0.1) is 0 Å². The molecule has 0 saturated heterocycles. The van der Waals surface area contributed by atoms with Gasteiger partial charge in [-0.2, -0.15) is 13.9 Å². The van der Waals surface area contributed by atoms with Crippen molar-refractivity contribution in [2.24, 2.45) is 5.73 Å². The van der Waals surface area contributed by atoms with Crippen LogP contribution in [0.15, 0.2) is 49.2 Å². The normalized spacial score (nSPS) is 22.9. The summed E-state index contributed by atoms with van der Waals surface area (Å²) >= 11 is 0. The number of aliphatic hydroxyl groups excluding tert-OH is 1. The molecule has 0 radical (unpaired) electrons. The summed E-state index contributed by atoms with van der Waals surface area (Å²) in [4.78, 5) is 26.5. The van der Waals surface area contributed by atoms with Crippen LogP contribution in [0.2, 0.25) is 0 Å². The Hall–Kier alpha value is -4.15. The van der Waals surface area contributed by atoms with Gasteiger partial charge in [-0.1, -0.05) is 6.07 Å². The highest BCUT2D eigenvalue weighted by Gasteiger charge is 2.52. The van der Waals surface area contributed by atoms with Gasteiger partial charge in [0, 0.05) is 52.8 Å². The summed E-state index contributed by atoms with van der Waals surface area (Å²) in [6, 6.07) is 4.87. The summed E-state index contributed by atoms with van der Waals surface area (Å²) < 4.78 is 32.7. The number of hydrogen-bond donors (Lipinski definition) is 5. The van der Waals surface area contributed by atoms with Gasteiger partial charge in [-0.05, 0) is 37.5 Å². The number of ether oxygens (including phenoxy) is 1. The average molecular weight is 570 g/mol. The average Bonchev–Trinajstić information content (AvgIpc) is 3.41. The quantitative estimate of drug-likeness (QED) is 0.219. The van der Waals surface area contributed by atoms with E-state index in [1.807, 2.05) is 0 Å². The summed E-state index contributed by atoms with van der Waals surface area (Å²) in [6.07, 6.45) is 4.17. The van der Waals surface area contributed by atoms with Crippen LogP contribution in [0.1, 0.15) is 58.4 Å². The van der Waals surface area contributed by atoms with E-state index in [-0.39, 0.29) is 35.1 Å². The van der Waals surface area contributed by atoms with Crippen LogP contribution in [-0.4, -0.2) is 80.7 Å². The van der Waals surface area contributed by atoms with E-state index in [4.69, 9.17) is 15.6 Å². The number of rotatable bonds is 4. The lowest BCUT2D eigenvalue weighted by molar-refractivity contribution is -0.385. The molecule has 13 nitrogen and oxygen atoms in total. The number of amides is 1. The van der Waals surface area contributed by atoms with Crippen molar-refractivity contribution < 1.29 is 38.7 Å². The maximum atomic E-state index is 13.3. The zero-order chi connectivity index (χ0) is 29.1. The number of halogens is 2. The molecule has 1 aromatic carbocycles. The van der Waals surface area contributed by atoms with Crippen molar-refractivity contribution in [1.82, 2.24) is 29.5 Å². The number of carbonyl (C=O) groups excluding carboxylic acids is 1. The Balaban J connectivity index is 0.000000449. The van der Waals surface area contributed by atoms with Gasteiger partial charge in [-0.3, -0.25) is 9.69 Å². The monoisotopic (exact) mass is 569 g/mol. The SMILES string of the molecule is NC1CC(O)C1.O=C1c2cccc(OC(F)F)c2C2CC(c3nn4ccc(-c5cncnc5)nc4c32)N1C(O)(O)O. The first-order valence-corrected chi connectivity index (χ1v) is 12.7. The first-order valence-electron chi connectivity index (χ1n) is 12.7. The van der Waals surface area contributed by atoms with Crippen LogP contribution in [0.25, 0.3) is 16.9 Å². The third-order valence-corrected chi connectivity index (χ3v) is 7.39. The number of benzene rings is 1. The molecule has 2 bridgehead atoms. The number of carbonyl (C=O) groups is 1. The van der Waals surface area contributed by atoms with Gasteiger partial charge in [0.05, 0.1) is 23.5 Å². The van der Waals surface area contributed by atoms with E-state index < -0.39 is 30.6 Å². The number of aromatic nitrogens is 5. The van der Waals surface area contributed by atoms with Crippen molar-refractivity contribution in [2.75, 3.05) is 0 Å². The molecule has 2 aliphatic carbocycles. The molecular formula is C26H25F2N7O6. The fraction of sp³-hybridized carbons (Fsp3) is 0.346. The molecule has 3 aromatic heterocycles. The summed E-state index contributed by atoms with van der Waals surface area (Å²) in [5.41, 5.74) is 7.56. The van der Waals surface area contributed by atoms with Gasteiger partial charge in [0.15, 0.2) is 5.65 Å². The van der Waals surface area contributed by atoms with Crippen molar-refractivity contribution in [3.8, 4) is 17.0 Å². The van der Waals surface area contributed by atoms with Crippen LogP contribution in [0.3, 0.4) is 0 Å². The standard InChI is InChI=1S/C22H16F2N6O5.C4H9NO/c23-21(24)35-15-3-1-2-11-16(15)12-6-14(30(20(11)31)22(32,33)34)18-17(12)19-27-13(4-5-29(19)28-18)10-7-25-9-26-8-10;5-3-1-4(6)2-3/h1-5,7-9,12,14,21,32-34H,6H2;3-4,6H,1-2,5H2. The molecule has 3 aliphatic rings. The van der Waals surface area contributed by atoms with Gasteiger partial charge >= 0.3 is 12.7 Å². The Morgan fingerprint density at radius 3 is 2.41 bits per heavy atom. The molecule has 15 heteroatoms. The van der Waals surface area contributed by atoms with Gasteiger partial charge in [0.2, 0.25) is 0 Å². The minimum Gasteiger partial charge on any atom is -0.434 e. The highest BCUT2D eigenvalue weighted by atomic mass is 19.3. The molecule has 214 valence electrons. The van der Waals surface area contributed by atoms with Crippen molar-refractivity contribution in [1.29, 1.82) is 0 Å². The van der Waals surface area contributed by atoms with E-state index in [9.17, 15) is 28.9 Å². The Kier molecular flexibility index (Phi) is 6.62. The summed E-state index contributed by atoms with van der Waals surface area (Å²) in [5.74, 6) is -1.93. The number of alkyl halides is 2. The van der Waals surface area contributed by atoms with Gasteiger partial charge in [0.25, 0.3) is 5.91 Å². The second-order valence-corrected chi connectivity index (χ2v) is 10.1. The van der Waals surface area contributed by atoms with E-state index in [1.165, 1.54) is 29.0 Å². The number of nitrogens with two attached hydrogens (primary N) is 1. The van der Waals surface area contributed by atoms with Crippen molar-refractivity contribution in [2.45, 2.75) is 56.1 Å². The zero-order valence-corrected chi connectivity index (χ0v) is 21.2. The second kappa shape index (κ2) is 10.0. The van der Waals surface area contributed by atoms with Crippen LogP contribution >= 0.6 is 0 Å². The third-order valence-electron chi connectivity index (χ3n) is 7.39. The highest BCUT2D eigenvalue weighted by molar-refractivity contribution is 5.98. The maximum absolute atomic E-state index is 13.3. The van der Waals surface area contributed by atoms with Gasteiger partial charge in [-0.15, -0.1) is 0 Å². The largest absolute Gasteiger partial charge is 0.434 e. The maximum Gasteiger partial charge on any atom is 0.387 e. The van der Waals surface area contributed by atoms with Gasteiger partial charge < -0.3 is 30.9 Å². The molecule has 2 unspecified atom stereocenters. The highest BCUT2D eigenvalue weighted by Crippen LogP contribution is 2.54. The van der Waals surface area contributed by atoms with E-state index in [1.54, 1.807) is 24.7 Å². The molecule has 1 amide bonds. The number of nitrogens with zero attached hydrogens (tertiary/aromatic N) is 6. The topological polar surface area (TPSA) is 192 Å². The molecule has 4 aromatic rings. The Bertz CT molecular complexity index is 1600. The third kappa shape index (κ3) is 4.76. The van der Waals surface area contributed by atoms with Crippen LogP contribution in [-0.2, 0) is 0 Å². The first-order chi connectivity index (χ1) is 19.5. The summed E-state index contributed by atoms with van der Waals surface area (Å²) in [5, 5.41) is 43.3. The van der Waals surface area contributed by atoms with Crippen molar-refractivity contribution in [3.05, 3.63) is 71.6 Å². The van der Waals surface area contributed by atoms with Crippen molar-refractivity contribution >= 4 is 11.6 Å². The van der Waals surface area contributed by atoms with Gasteiger partial charge in [-0.25, -0.2) is 19.5 Å². The fourth-order valence-electron chi connectivity index (χ4n) is 5.61. The molecule has 6 N–H and O–H groups in total. The van der Waals surface area contributed by atoms with E-state index >= 15 is 0 Å². The van der Waals surface area contributed by atoms with E-state index in [0.29, 0.717) is 33.4 Å².